The lowest BCUT2D eigenvalue weighted by molar-refractivity contribution is -0.133. The largest absolute Gasteiger partial charge is 0.392 e. The van der Waals surface area contributed by atoms with Gasteiger partial charge in [0, 0.05) is 19.6 Å². The van der Waals surface area contributed by atoms with Crippen molar-refractivity contribution < 1.29 is 9.90 Å². The molecule has 4 heteroatoms. The molecule has 0 aromatic carbocycles. The number of carbonyl (C=O) groups excluding carboxylic acids is 1. The Morgan fingerprint density at radius 3 is 2.58 bits per heavy atom. The minimum absolute atomic E-state index is 0.166. The topological polar surface area (TPSA) is 52.6 Å². The van der Waals surface area contributed by atoms with Crippen LogP contribution in [0.25, 0.3) is 0 Å². The zero-order valence-electron chi connectivity index (χ0n) is 12.5. The van der Waals surface area contributed by atoms with Gasteiger partial charge in [-0.2, -0.15) is 0 Å². The molecule has 2 fully saturated rings. The van der Waals surface area contributed by atoms with Gasteiger partial charge in [0.25, 0.3) is 0 Å². The Morgan fingerprint density at radius 2 is 2.00 bits per heavy atom. The Labute approximate surface area is 116 Å². The zero-order chi connectivity index (χ0) is 14.0. The fraction of sp³-hybridized carbons (Fsp3) is 0.933. The molecule has 0 bridgehead atoms. The number of amides is 1. The van der Waals surface area contributed by atoms with Crippen molar-refractivity contribution in [3.05, 3.63) is 0 Å². The smallest absolute Gasteiger partial charge is 0.239 e. The van der Waals surface area contributed by atoms with E-state index in [0.29, 0.717) is 24.3 Å². The summed E-state index contributed by atoms with van der Waals surface area (Å²) < 4.78 is 0. The minimum Gasteiger partial charge on any atom is -0.392 e. The summed E-state index contributed by atoms with van der Waals surface area (Å²) in [5.41, 5.74) is 0.334. The van der Waals surface area contributed by atoms with Gasteiger partial charge in [-0.25, -0.2) is 0 Å². The predicted molar refractivity (Wildman–Crippen MR) is 75.8 cm³/mol. The molecule has 3 unspecified atom stereocenters. The first-order valence-corrected chi connectivity index (χ1v) is 7.58. The number of β-amino-alcohol motifs (C(OH)–C–C–N with tert-alkyl or cyclic N) is 1. The van der Waals surface area contributed by atoms with E-state index in [2.05, 4.69) is 26.1 Å². The summed E-state index contributed by atoms with van der Waals surface area (Å²) in [5, 5.41) is 12.6. The maximum absolute atomic E-state index is 12.4. The minimum atomic E-state index is -0.358. The molecule has 2 rings (SSSR count). The molecule has 3 atom stereocenters. The van der Waals surface area contributed by atoms with Crippen LogP contribution in [-0.2, 0) is 4.79 Å². The van der Waals surface area contributed by atoms with Gasteiger partial charge in [0.1, 0.15) is 0 Å². The second-order valence-corrected chi connectivity index (χ2v) is 7.17. The number of aliphatic hydroxyl groups excluding tert-OH is 1. The van der Waals surface area contributed by atoms with E-state index < -0.39 is 0 Å². The fourth-order valence-electron chi connectivity index (χ4n) is 3.31. The highest BCUT2D eigenvalue weighted by molar-refractivity contribution is 5.82. The standard InChI is InChI=1S/C15H28N2O2/c1-15(2,3)11-5-4-7-17(8-6-11)14(19)13-9-12(18)10-16-13/h11-13,16,18H,4-10H2,1-3H3. The van der Waals surface area contributed by atoms with Crippen LogP contribution >= 0.6 is 0 Å². The molecule has 110 valence electrons. The van der Waals surface area contributed by atoms with Crippen LogP contribution in [0.15, 0.2) is 0 Å². The third-order valence-electron chi connectivity index (χ3n) is 4.67. The Hall–Kier alpha value is -0.610. The highest BCUT2D eigenvalue weighted by Crippen LogP contribution is 2.34. The van der Waals surface area contributed by atoms with Crippen LogP contribution in [-0.4, -0.2) is 47.7 Å². The van der Waals surface area contributed by atoms with Crippen molar-refractivity contribution in [3.8, 4) is 0 Å². The van der Waals surface area contributed by atoms with E-state index in [0.717, 1.165) is 25.9 Å². The summed E-state index contributed by atoms with van der Waals surface area (Å²) in [6.45, 7) is 9.18. The molecule has 0 spiro atoms. The molecule has 1 amide bonds. The maximum atomic E-state index is 12.4. The summed E-state index contributed by atoms with van der Waals surface area (Å²) in [4.78, 5) is 14.4. The molecule has 0 aromatic rings. The number of aliphatic hydroxyl groups is 1. The molecule has 2 heterocycles. The van der Waals surface area contributed by atoms with Gasteiger partial charge >= 0.3 is 0 Å². The normalized spacial score (nSPS) is 33.3. The van der Waals surface area contributed by atoms with Crippen LogP contribution < -0.4 is 5.32 Å². The summed E-state index contributed by atoms with van der Waals surface area (Å²) in [7, 11) is 0. The Balaban J connectivity index is 1.90. The molecule has 0 aliphatic carbocycles. The van der Waals surface area contributed by atoms with E-state index >= 15 is 0 Å². The van der Waals surface area contributed by atoms with Crippen LogP contribution in [0.4, 0.5) is 0 Å². The van der Waals surface area contributed by atoms with E-state index in [9.17, 15) is 9.90 Å². The SMILES string of the molecule is CC(C)(C)C1CCCN(C(=O)C2CC(O)CN2)CC1. The quantitative estimate of drug-likeness (QED) is 0.755. The number of hydrogen-bond donors (Lipinski definition) is 2. The van der Waals surface area contributed by atoms with Crippen LogP contribution in [0.2, 0.25) is 0 Å². The average Bonchev–Trinajstić information content (AvgIpc) is 2.62. The third-order valence-corrected chi connectivity index (χ3v) is 4.67. The third kappa shape index (κ3) is 3.69. The monoisotopic (exact) mass is 268 g/mol. The lowest BCUT2D eigenvalue weighted by atomic mass is 9.77. The number of carbonyl (C=O) groups is 1. The van der Waals surface area contributed by atoms with Crippen molar-refractivity contribution in [2.45, 2.75) is 58.6 Å². The summed E-state index contributed by atoms with van der Waals surface area (Å²) in [6, 6.07) is -0.166. The first-order valence-electron chi connectivity index (χ1n) is 7.58. The lowest BCUT2D eigenvalue weighted by Gasteiger charge is -2.30. The van der Waals surface area contributed by atoms with E-state index in [1.54, 1.807) is 0 Å². The number of likely N-dealkylation sites (tertiary alicyclic amines) is 1. The van der Waals surface area contributed by atoms with Crippen molar-refractivity contribution in [3.63, 3.8) is 0 Å². The van der Waals surface area contributed by atoms with E-state index in [1.165, 1.54) is 6.42 Å². The Kier molecular flexibility index (Phi) is 4.51. The van der Waals surface area contributed by atoms with Crippen molar-refractivity contribution >= 4 is 5.91 Å². The molecular formula is C15H28N2O2. The van der Waals surface area contributed by atoms with Gasteiger partial charge in [-0.1, -0.05) is 20.8 Å². The number of rotatable bonds is 1. The molecular weight excluding hydrogens is 240 g/mol. The number of hydrogen-bond acceptors (Lipinski definition) is 3. The van der Waals surface area contributed by atoms with Crippen LogP contribution in [0.5, 0.6) is 0 Å². The van der Waals surface area contributed by atoms with Gasteiger partial charge in [0.15, 0.2) is 0 Å². The van der Waals surface area contributed by atoms with Gasteiger partial charge in [-0.05, 0) is 37.0 Å². The maximum Gasteiger partial charge on any atom is 0.239 e. The van der Waals surface area contributed by atoms with Gasteiger partial charge in [-0.15, -0.1) is 0 Å². The molecule has 2 N–H and O–H groups in total. The summed E-state index contributed by atoms with van der Waals surface area (Å²) in [6.07, 6.45) is 3.63. The van der Waals surface area contributed by atoms with Crippen molar-refractivity contribution in [2.75, 3.05) is 19.6 Å². The number of nitrogens with one attached hydrogen (secondary N) is 1. The van der Waals surface area contributed by atoms with Gasteiger partial charge in [-0.3, -0.25) is 4.79 Å². The fourth-order valence-corrected chi connectivity index (χ4v) is 3.31. The lowest BCUT2D eigenvalue weighted by Crippen LogP contribution is -2.44. The molecule has 4 nitrogen and oxygen atoms in total. The molecule has 0 radical (unpaired) electrons. The van der Waals surface area contributed by atoms with Crippen molar-refractivity contribution in [2.24, 2.45) is 11.3 Å². The Morgan fingerprint density at radius 1 is 1.26 bits per heavy atom. The van der Waals surface area contributed by atoms with Gasteiger partial charge in [0.2, 0.25) is 5.91 Å². The zero-order valence-corrected chi connectivity index (χ0v) is 12.5. The first kappa shape index (κ1) is 14.8. The molecule has 2 saturated heterocycles. The first-order chi connectivity index (χ1) is 8.88. The van der Waals surface area contributed by atoms with E-state index in [1.807, 2.05) is 4.90 Å². The molecule has 19 heavy (non-hydrogen) atoms. The second-order valence-electron chi connectivity index (χ2n) is 7.17. The van der Waals surface area contributed by atoms with Crippen molar-refractivity contribution in [1.29, 1.82) is 0 Å². The highest BCUT2D eigenvalue weighted by atomic mass is 16.3. The second kappa shape index (κ2) is 5.80. The van der Waals surface area contributed by atoms with Gasteiger partial charge in [0.05, 0.1) is 12.1 Å². The van der Waals surface area contributed by atoms with Crippen LogP contribution in [0, 0.1) is 11.3 Å². The summed E-state index contributed by atoms with van der Waals surface area (Å²) >= 11 is 0. The average molecular weight is 268 g/mol. The summed E-state index contributed by atoms with van der Waals surface area (Å²) in [5.74, 6) is 0.888. The van der Waals surface area contributed by atoms with Crippen LogP contribution in [0.3, 0.4) is 0 Å². The molecule has 0 saturated carbocycles. The van der Waals surface area contributed by atoms with E-state index in [-0.39, 0.29) is 18.1 Å². The van der Waals surface area contributed by atoms with Crippen molar-refractivity contribution in [1.82, 2.24) is 10.2 Å². The Bertz CT molecular complexity index is 325. The predicted octanol–water partition coefficient (Wildman–Crippen LogP) is 1.38. The molecule has 0 aromatic heterocycles. The molecule has 2 aliphatic heterocycles. The van der Waals surface area contributed by atoms with Gasteiger partial charge < -0.3 is 15.3 Å². The van der Waals surface area contributed by atoms with E-state index in [4.69, 9.17) is 0 Å². The van der Waals surface area contributed by atoms with Crippen LogP contribution in [0.1, 0.15) is 46.5 Å². The highest BCUT2D eigenvalue weighted by Gasteiger charge is 2.33. The molecule has 2 aliphatic rings. The number of nitrogens with zero attached hydrogens (tertiary/aromatic N) is 1.